The Morgan fingerprint density at radius 1 is 0.727 bits per heavy atom. The molecule has 0 fully saturated rings. The second-order valence-corrected chi connectivity index (χ2v) is 5.86. The first kappa shape index (κ1) is 13.6. The third kappa shape index (κ3) is 1.54. The first-order valence-corrected chi connectivity index (χ1v) is 7.38. The minimum atomic E-state index is -0.839. The summed E-state index contributed by atoms with van der Waals surface area (Å²) >= 11 is 0. The van der Waals surface area contributed by atoms with Crippen LogP contribution in [0.2, 0.25) is 0 Å². The zero-order valence-electron chi connectivity index (χ0n) is 12.5. The highest BCUT2D eigenvalue weighted by Gasteiger charge is 2.51. The van der Waals surface area contributed by atoms with Gasteiger partial charge in [-0.3, -0.25) is 0 Å². The summed E-state index contributed by atoms with van der Waals surface area (Å²) in [7, 11) is 3.25. The van der Waals surface area contributed by atoms with Crippen molar-refractivity contribution in [3.05, 3.63) is 58.7 Å². The van der Waals surface area contributed by atoms with Gasteiger partial charge in [0.25, 0.3) is 0 Å². The number of benzene rings is 2. The van der Waals surface area contributed by atoms with Gasteiger partial charge in [-0.1, -0.05) is 24.3 Å². The molecule has 0 aromatic heterocycles. The van der Waals surface area contributed by atoms with Gasteiger partial charge < -0.3 is 19.7 Å². The predicted octanol–water partition coefficient (Wildman–Crippen LogP) is 2.02. The Labute approximate surface area is 128 Å². The highest BCUT2D eigenvalue weighted by Crippen LogP contribution is 2.57. The molecule has 0 amide bonds. The molecular weight excluding hydrogens is 280 g/mol. The van der Waals surface area contributed by atoms with Crippen LogP contribution >= 0.6 is 0 Å². The summed E-state index contributed by atoms with van der Waals surface area (Å²) in [5.74, 6) is 0.866. The maximum absolute atomic E-state index is 10.6. The van der Waals surface area contributed by atoms with Crippen LogP contribution in [0.1, 0.15) is 34.1 Å². The second-order valence-electron chi connectivity index (χ2n) is 5.86. The molecule has 2 aromatic rings. The second kappa shape index (κ2) is 4.73. The third-order valence-electron chi connectivity index (χ3n) is 4.97. The molecule has 3 aliphatic carbocycles. The molecule has 0 heterocycles. The fraction of sp³-hybridized carbons (Fsp3) is 0.333. The average Bonchev–Trinajstić information content (AvgIpc) is 2.56. The Morgan fingerprint density at radius 3 is 1.50 bits per heavy atom. The lowest BCUT2D eigenvalue weighted by atomic mass is 9.60. The van der Waals surface area contributed by atoms with E-state index in [2.05, 4.69) is 0 Å². The molecule has 4 nitrogen and oxygen atoms in total. The summed E-state index contributed by atoms with van der Waals surface area (Å²) in [5.41, 5.74) is 3.99. The number of hydrogen-bond acceptors (Lipinski definition) is 4. The smallest absolute Gasteiger partial charge is 0.123 e. The molecule has 114 valence electrons. The number of aliphatic hydroxyl groups is 2. The van der Waals surface area contributed by atoms with Crippen LogP contribution in [0.5, 0.6) is 11.5 Å². The third-order valence-corrected chi connectivity index (χ3v) is 4.97. The molecule has 4 heteroatoms. The molecule has 22 heavy (non-hydrogen) atoms. The van der Waals surface area contributed by atoms with Crippen molar-refractivity contribution in [2.24, 2.45) is 0 Å². The lowest BCUT2D eigenvalue weighted by Gasteiger charge is -2.47. The van der Waals surface area contributed by atoms with E-state index < -0.39 is 12.2 Å². The average molecular weight is 298 g/mol. The summed E-state index contributed by atoms with van der Waals surface area (Å²) in [5, 5.41) is 21.2. The van der Waals surface area contributed by atoms with Gasteiger partial charge in [-0.25, -0.2) is 0 Å². The number of aliphatic hydroxyl groups excluding tert-OH is 2. The molecule has 5 rings (SSSR count). The van der Waals surface area contributed by atoms with Crippen molar-refractivity contribution < 1.29 is 19.7 Å². The summed E-state index contributed by atoms with van der Waals surface area (Å²) in [6.45, 7) is 0. The first-order valence-electron chi connectivity index (χ1n) is 7.38. The molecule has 2 aromatic carbocycles. The van der Waals surface area contributed by atoms with Gasteiger partial charge in [-0.05, 0) is 23.3 Å². The predicted molar refractivity (Wildman–Crippen MR) is 81.7 cm³/mol. The minimum absolute atomic E-state index is 0.295. The Balaban J connectivity index is 2.08. The number of methoxy groups -OCH3 is 2. The van der Waals surface area contributed by atoms with E-state index in [4.69, 9.17) is 9.47 Å². The Bertz CT molecular complexity index is 678. The SMILES string of the molecule is COc1ccc(OC)c2c1[C@H]1c3ccccc3[C@@H]2C(O)C1O. The van der Waals surface area contributed by atoms with E-state index in [0.717, 1.165) is 33.8 Å². The molecule has 0 saturated heterocycles. The van der Waals surface area contributed by atoms with E-state index in [1.807, 2.05) is 36.4 Å². The lowest BCUT2D eigenvalue weighted by Crippen LogP contribution is -2.47. The van der Waals surface area contributed by atoms with Gasteiger partial charge >= 0.3 is 0 Å². The van der Waals surface area contributed by atoms with Crippen molar-refractivity contribution in [2.45, 2.75) is 24.0 Å². The van der Waals surface area contributed by atoms with Crippen LogP contribution in [0.4, 0.5) is 0 Å². The minimum Gasteiger partial charge on any atom is -0.496 e. The summed E-state index contributed by atoms with van der Waals surface area (Å²) in [6, 6.07) is 11.7. The zero-order chi connectivity index (χ0) is 15.4. The van der Waals surface area contributed by atoms with Crippen molar-refractivity contribution in [1.29, 1.82) is 0 Å². The van der Waals surface area contributed by atoms with E-state index in [9.17, 15) is 10.2 Å². The standard InChI is InChI=1S/C18H18O4/c1-21-11-7-8-12(22-2)16-14-10-6-4-3-5-9(10)13(15(11)16)17(19)18(14)20/h3-8,13-14,17-20H,1-2H3/t13-,14+,17?,18?. The van der Waals surface area contributed by atoms with Crippen molar-refractivity contribution >= 4 is 0 Å². The van der Waals surface area contributed by atoms with E-state index >= 15 is 0 Å². The number of ether oxygens (including phenoxy) is 2. The fourth-order valence-electron chi connectivity index (χ4n) is 4.09. The molecule has 2 bridgehead atoms. The highest BCUT2D eigenvalue weighted by molar-refractivity contribution is 5.65. The Kier molecular flexibility index (Phi) is 2.93. The van der Waals surface area contributed by atoms with Gasteiger partial charge in [0.15, 0.2) is 0 Å². The normalized spacial score (nSPS) is 28.0. The fourth-order valence-corrected chi connectivity index (χ4v) is 4.09. The van der Waals surface area contributed by atoms with Crippen molar-refractivity contribution in [3.63, 3.8) is 0 Å². The largest absolute Gasteiger partial charge is 0.496 e. The molecule has 2 unspecified atom stereocenters. The molecule has 0 spiro atoms. The van der Waals surface area contributed by atoms with Crippen molar-refractivity contribution in [3.8, 4) is 11.5 Å². The van der Waals surface area contributed by atoms with Crippen LogP contribution in [0.15, 0.2) is 36.4 Å². The monoisotopic (exact) mass is 298 g/mol. The molecule has 2 N–H and O–H groups in total. The van der Waals surface area contributed by atoms with Gasteiger partial charge in [-0.15, -0.1) is 0 Å². The van der Waals surface area contributed by atoms with E-state index in [0.29, 0.717) is 0 Å². The molecule has 0 saturated carbocycles. The van der Waals surface area contributed by atoms with Crippen molar-refractivity contribution in [1.82, 2.24) is 0 Å². The van der Waals surface area contributed by atoms with Crippen LogP contribution < -0.4 is 9.47 Å². The number of rotatable bonds is 2. The number of fused-ring (bicyclic) bond motifs is 1. The van der Waals surface area contributed by atoms with Gasteiger partial charge in [0, 0.05) is 23.0 Å². The summed E-state index contributed by atoms with van der Waals surface area (Å²) < 4.78 is 11.0. The maximum Gasteiger partial charge on any atom is 0.123 e. The van der Waals surface area contributed by atoms with Gasteiger partial charge in [0.1, 0.15) is 11.5 Å². The molecule has 0 radical (unpaired) electrons. The summed E-state index contributed by atoms with van der Waals surface area (Å²) in [4.78, 5) is 0. The van der Waals surface area contributed by atoms with Gasteiger partial charge in [0.05, 0.1) is 26.4 Å². The van der Waals surface area contributed by atoms with Gasteiger partial charge in [-0.2, -0.15) is 0 Å². The number of hydrogen-bond donors (Lipinski definition) is 2. The van der Waals surface area contributed by atoms with Crippen LogP contribution in [-0.2, 0) is 0 Å². The Morgan fingerprint density at radius 2 is 1.14 bits per heavy atom. The topological polar surface area (TPSA) is 58.9 Å². The maximum atomic E-state index is 10.6. The zero-order valence-corrected chi connectivity index (χ0v) is 12.5. The molecule has 0 aliphatic heterocycles. The highest BCUT2D eigenvalue weighted by atomic mass is 16.5. The molecule has 4 atom stereocenters. The molecule has 3 aliphatic rings. The van der Waals surface area contributed by atoms with Gasteiger partial charge in [0.2, 0.25) is 0 Å². The van der Waals surface area contributed by atoms with Crippen LogP contribution in [0.3, 0.4) is 0 Å². The quantitative estimate of drug-likeness (QED) is 0.890. The van der Waals surface area contributed by atoms with E-state index in [1.54, 1.807) is 14.2 Å². The van der Waals surface area contributed by atoms with Crippen molar-refractivity contribution in [2.75, 3.05) is 14.2 Å². The summed E-state index contributed by atoms with van der Waals surface area (Å²) in [6.07, 6.45) is -1.68. The van der Waals surface area contributed by atoms with Crippen LogP contribution in [-0.4, -0.2) is 36.6 Å². The first-order chi connectivity index (χ1) is 10.7. The van der Waals surface area contributed by atoms with E-state index in [1.165, 1.54) is 0 Å². The van der Waals surface area contributed by atoms with E-state index in [-0.39, 0.29) is 11.8 Å². The lowest BCUT2D eigenvalue weighted by molar-refractivity contribution is -0.0165. The Hall–Kier alpha value is -2.04. The van der Waals surface area contributed by atoms with Crippen LogP contribution in [0.25, 0.3) is 0 Å². The molecular formula is C18H18O4. The van der Waals surface area contributed by atoms with Crippen LogP contribution in [0, 0.1) is 0 Å².